The lowest BCUT2D eigenvalue weighted by atomic mass is 10.1. The van der Waals surface area contributed by atoms with Crippen LogP contribution < -0.4 is 0 Å². The Hall–Kier alpha value is -0.970. The van der Waals surface area contributed by atoms with Gasteiger partial charge in [0.2, 0.25) is 0 Å². The molecule has 1 aromatic rings. The fraction of sp³-hybridized carbons (Fsp3) is 0.615. The van der Waals surface area contributed by atoms with E-state index in [1.54, 1.807) is 0 Å². The van der Waals surface area contributed by atoms with Gasteiger partial charge in [-0.25, -0.2) is 0 Å². The van der Waals surface area contributed by atoms with Crippen LogP contribution in [0.3, 0.4) is 0 Å². The van der Waals surface area contributed by atoms with Crippen LogP contribution in [0, 0.1) is 19.8 Å². The van der Waals surface area contributed by atoms with Crippen LogP contribution >= 0.6 is 15.9 Å². The number of amides is 1. The Morgan fingerprint density at radius 3 is 3.00 bits per heavy atom. The van der Waals surface area contributed by atoms with E-state index < -0.39 is 0 Å². The summed E-state index contributed by atoms with van der Waals surface area (Å²) in [7, 11) is 0. The van der Waals surface area contributed by atoms with Gasteiger partial charge >= 0.3 is 0 Å². The minimum absolute atomic E-state index is 0.0996. The van der Waals surface area contributed by atoms with E-state index in [9.17, 15) is 4.79 Å². The Morgan fingerprint density at radius 2 is 2.28 bits per heavy atom. The molecule has 2 heterocycles. The molecule has 0 aliphatic carbocycles. The largest absolute Gasteiger partial charge is 0.338 e. The second-order valence-electron chi connectivity index (χ2n) is 4.87. The molecule has 1 aliphatic heterocycles. The summed E-state index contributed by atoms with van der Waals surface area (Å²) in [4.78, 5) is 14.4. The molecule has 98 valence electrons. The molecule has 1 atom stereocenters. The summed E-state index contributed by atoms with van der Waals surface area (Å²) in [5.41, 5.74) is 2.21. The van der Waals surface area contributed by atoms with E-state index in [-0.39, 0.29) is 5.91 Å². The molecule has 5 heteroatoms. The Bertz CT molecular complexity index is 450. The van der Waals surface area contributed by atoms with Crippen molar-refractivity contribution in [2.45, 2.75) is 26.7 Å². The first-order chi connectivity index (χ1) is 8.61. The van der Waals surface area contributed by atoms with Gasteiger partial charge in [-0.3, -0.25) is 4.79 Å². The predicted molar refractivity (Wildman–Crippen MR) is 73.9 cm³/mol. The first kappa shape index (κ1) is 13.5. The van der Waals surface area contributed by atoms with Crippen molar-refractivity contribution >= 4 is 21.8 Å². The van der Waals surface area contributed by atoms with Gasteiger partial charge in [0.25, 0.3) is 5.91 Å². The van der Waals surface area contributed by atoms with Gasteiger partial charge in [0.1, 0.15) is 0 Å². The highest BCUT2D eigenvalue weighted by Gasteiger charge is 2.27. The molecule has 0 bridgehead atoms. The quantitative estimate of drug-likeness (QED) is 0.805. The molecule has 2 rings (SSSR count). The van der Waals surface area contributed by atoms with E-state index in [1.165, 1.54) is 0 Å². The van der Waals surface area contributed by atoms with Gasteiger partial charge < -0.3 is 4.90 Å². The van der Waals surface area contributed by atoms with Crippen LogP contribution in [-0.2, 0) is 0 Å². The van der Waals surface area contributed by atoms with E-state index in [4.69, 9.17) is 0 Å². The van der Waals surface area contributed by atoms with E-state index >= 15 is 0 Å². The molecule has 4 nitrogen and oxygen atoms in total. The van der Waals surface area contributed by atoms with E-state index in [1.807, 2.05) is 24.8 Å². The number of rotatable bonds is 3. The summed E-state index contributed by atoms with van der Waals surface area (Å²) < 4.78 is 0. The lowest BCUT2D eigenvalue weighted by molar-refractivity contribution is 0.0785. The number of halogens is 1. The molecule has 0 aromatic carbocycles. The number of likely N-dealkylation sites (tertiary alicyclic amines) is 1. The normalized spacial score (nSPS) is 19.3. The van der Waals surface area contributed by atoms with Crippen molar-refractivity contribution < 1.29 is 4.79 Å². The lowest BCUT2D eigenvalue weighted by Gasteiger charge is -2.17. The van der Waals surface area contributed by atoms with Gasteiger partial charge in [0.15, 0.2) is 0 Å². The lowest BCUT2D eigenvalue weighted by Crippen LogP contribution is -2.29. The molecule has 0 N–H and O–H groups in total. The van der Waals surface area contributed by atoms with Crippen LogP contribution in [0.2, 0.25) is 0 Å². The average Bonchev–Trinajstić information content (AvgIpc) is 2.80. The van der Waals surface area contributed by atoms with Crippen molar-refractivity contribution in [3.05, 3.63) is 23.0 Å². The zero-order chi connectivity index (χ0) is 13.1. The summed E-state index contributed by atoms with van der Waals surface area (Å²) >= 11 is 3.46. The average molecular weight is 312 g/mol. The second-order valence-corrected chi connectivity index (χ2v) is 5.66. The second kappa shape index (κ2) is 5.78. The van der Waals surface area contributed by atoms with Crippen LogP contribution in [0.15, 0.2) is 6.07 Å². The summed E-state index contributed by atoms with van der Waals surface area (Å²) in [6, 6.07) is 1.84. The highest BCUT2D eigenvalue weighted by Crippen LogP contribution is 2.22. The molecule has 0 spiro atoms. The monoisotopic (exact) mass is 311 g/mol. The number of nitrogens with zero attached hydrogens (tertiary/aromatic N) is 3. The highest BCUT2D eigenvalue weighted by atomic mass is 79.9. The fourth-order valence-electron chi connectivity index (χ4n) is 2.34. The highest BCUT2D eigenvalue weighted by molar-refractivity contribution is 9.09. The summed E-state index contributed by atoms with van der Waals surface area (Å²) in [6.07, 6.45) is 2.24. The van der Waals surface area contributed by atoms with Crippen molar-refractivity contribution in [1.82, 2.24) is 15.1 Å². The van der Waals surface area contributed by atoms with Crippen molar-refractivity contribution in [3.8, 4) is 0 Å². The van der Waals surface area contributed by atoms with Crippen molar-refractivity contribution in [1.29, 1.82) is 0 Å². The van der Waals surface area contributed by atoms with E-state index in [2.05, 4.69) is 26.1 Å². The zero-order valence-electron chi connectivity index (χ0n) is 10.8. The SMILES string of the molecule is Cc1cc(C(=O)N2CCC(CCBr)C2)c(C)nn1. The number of carbonyl (C=O) groups is 1. The Morgan fingerprint density at radius 1 is 1.50 bits per heavy atom. The molecule has 1 aromatic heterocycles. The zero-order valence-corrected chi connectivity index (χ0v) is 12.4. The van der Waals surface area contributed by atoms with E-state index in [0.717, 1.165) is 42.6 Å². The van der Waals surface area contributed by atoms with E-state index in [0.29, 0.717) is 11.5 Å². The number of aryl methyl sites for hydroxylation is 2. The van der Waals surface area contributed by atoms with Crippen LogP contribution in [0.1, 0.15) is 34.6 Å². The Balaban J connectivity index is 2.10. The Kier molecular flexibility index (Phi) is 4.32. The van der Waals surface area contributed by atoms with Crippen LogP contribution in [0.5, 0.6) is 0 Å². The maximum absolute atomic E-state index is 12.4. The number of carbonyl (C=O) groups excluding carboxylic acids is 1. The summed E-state index contributed by atoms with van der Waals surface area (Å²) in [5.74, 6) is 0.729. The number of alkyl halides is 1. The summed E-state index contributed by atoms with van der Waals surface area (Å²) in [6.45, 7) is 5.43. The number of hydrogen-bond donors (Lipinski definition) is 0. The Labute approximate surface area is 116 Å². The molecular weight excluding hydrogens is 294 g/mol. The first-order valence-corrected chi connectivity index (χ1v) is 7.40. The number of hydrogen-bond acceptors (Lipinski definition) is 3. The molecule has 1 amide bonds. The minimum Gasteiger partial charge on any atom is -0.338 e. The minimum atomic E-state index is 0.0996. The maximum Gasteiger partial charge on any atom is 0.255 e. The van der Waals surface area contributed by atoms with Crippen molar-refractivity contribution in [2.75, 3.05) is 18.4 Å². The van der Waals surface area contributed by atoms with Gasteiger partial charge in [-0.15, -0.1) is 0 Å². The van der Waals surface area contributed by atoms with Crippen LogP contribution in [0.4, 0.5) is 0 Å². The van der Waals surface area contributed by atoms with Gasteiger partial charge in [-0.2, -0.15) is 10.2 Å². The van der Waals surface area contributed by atoms with Gasteiger partial charge in [-0.05, 0) is 38.7 Å². The third kappa shape index (κ3) is 2.88. The summed E-state index contributed by atoms with van der Waals surface area (Å²) in [5, 5.41) is 9.00. The molecule has 1 saturated heterocycles. The molecule has 0 radical (unpaired) electrons. The molecule has 18 heavy (non-hydrogen) atoms. The topological polar surface area (TPSA) is 46.1 Å². The molecule has 1 fully saturated rings. The molecule has 1 aliphatic rings. The van der Waals surface area contributed by atoms with Crippen LogP contribution in [-0.4, -0.2) is 39.4 Å². The molecule has 1 unspecified atom stereocenters. The van der Waals surface area contributed by atoms with Gasteiger partial charge in [-0.1, -0.05) is 15.9 Å². The van der Waals surface area contributed by atoms with Crippen molar-refractivity contribution in [2.24, 2.45) is 5.92 Å². The molecule has 0 saturated carbocycles. The first-order valence-electron chi connectivity index (χ1n) is 6.28. The fourth-order valence-corrected chi connectivity index (χ4v) is 2.99. The van der Waals surface area contributed by atoms with Gasteiger partial charge in [0, 0.05) is 18.4 Å². The third-order valence-electron chi connectivity index (χ3n) is 3.42. The van der Waals surface area contributed by atoms with Crippen LogP contribution in [0.25, 0.3) is 0 Å². The smallest absolute Gasteiger partial charge is 0.255 e. The van der Waals surface area contributed by atoms with Gasteiger partial charge in [0.05, 0.1) is 17.0 Å². The molecular formula is C13H18BrN3O. The van der Waals surface area contributed by atoms with Crippen molar-refractivity contribution in [3.63, 3.8) is 0 Å². The standard InChI is InChI=1S/C13H18BrN3O/c1-9-7-12(10(2)16-15-9)13(18)17-6-4-11(8-17)3-5-14/h7,11H,3-6,8H2,1-2H3. The predicted octanol–water partition coefficient (Wildman–Crippen LogP) is 2.34. The third-order valence-corrected chi connectivity index (χ3v) is 3.88. The number of aromatic nitrogens is 2. The maximum atomic E-state index is 12.4.